The maximum atomic E-state index is 9.12. The molecule has 1 aliphatic carbocycles. The standard InChI is InChI=1S/C16H21NO.C6H12O/c1-3-8-15(4-2)13-17(11-12-18)14-16-9-6-5-7-10-16;7-6-4-2-1-3-5-6/h3-10,18H,1-2,11-14H2;6-7H,1-5H2/b15-8+;. The predicted molar refractivity (Wildman–Crippen MR) is 106 cm³/mol. The Hall–Kier alpha value is -1.68. The van der Waals surface area contributed by atoms with Crippen molar-refractivity contribution >= 4 is 0 Å². The van der Waals surface area contributed by atoms with Crippen LogP contribution in [-0.4, -0.2) is 40.9 Å². The average Bonchev–Trinajstić information content (AvgIpc) is 2.63. The van der Waals surface area contributed by atoms with E-state index in [1.165, 1.54) is 24.8 Å². The van der Waals surface area contributed by atoms with E-state index >= 15 is 0 Å². The first-order chi connectivity index (χ1) is 12.2. The van der Waals surface area contributed by atoms with Crippen LogP contribution < -0.4 is 0 Å². The van der Waals surface area contributed by atoms with Gasteiger partial charge in [-0.05, 0) is 24.0 Å². The molecule has 2 N–H and O–H groups in total. The van der Waals surface area contributed by atoms with E-state index in [1.807, 2.05) is 30.4 Å². The lowest BCUT2D eigenvalue weighted by molar-refractivity contribution is 0.130. The quantitative estimate of drug-likeness (QED) is 0.699. The number of rotatable bonds is 8. The minimum absolute atomic E-state index is 0.0359. The molecule has 0 aromatic heterocycles. The van der Waals surface area contributed by atoms with Gasteiger partial charge >= 0.3 is 0 Å². The van der Waals surface area contributed by atoms with Crippen molar-refractivity contribution < 1.29 is 10.2 Å². The summed E-state index contributed by atoms with van der Waals surface area (Å²) < 4.78 is 0. The third-order valence-corrected chi connectivity index (χ3v) is 4.24. The first-order valence-electron chi connectivity index (χ1n) is 9.18. The molecule has 1 aromatic carbocycles. The molecule has 138 valence electrons. The van der Waals surface area contributed by atoms with Crippen LogP contribution in [0.2, 0.25) is 0 Å². The van der Waals surface area contributed by atoms with Crippen LogP contribution in [0, 0.1) is 0 Å². The molecule has 1 aromatic rings. The van der Waals surface area contributed by atoms with Gasteiger partial charge in [0.05, 0.1) is 12.7 Å². The molecular weight excluding hydrogens is 310 g/mol. The summed E-state index contributed by atoms with van der Waals surface area (Å²) in [5.74, 6) is 0. The van der Waals surface area contributed by atoms with Crippen LogP contribution in [0.5, 0.6) is 0 Å². The Balaban J connectivity index is 0.000000370. The zero-order chi connectivity index (χ0) is 18.3. The molecule has 1 fully saturated rings. The Morgan fingerprint density at radius 3 is 2.28 bits per heavy atom. The van der Waals surface area contributed by atoms with E-state index in [9.17, 15) is 0 Å². The molecule has 1 saturated carbocycles. The highest BCUT2D eigenvalue weighted by atomic mass is 16.3. The Bertz CT molecular complexity index is 504. The van der Waals surface area contributed by atoms with Crippen molar-refractivity contribution in [3.8, 4) is 0 Å². The summed E-state index contributed by atoms with van der Waals surface area (Å²) in [6.45, 7) is 9.89. The van der Waals surface area contributed by atoms with Crippen LogP contribution in [-0.2, 0) is 6.54 Å². The van der Waals surface area contributed by atoms with Crippen LogP contribution in [0.1, 0.15) is 37.7 Å². The van der Waals surface area contributed by atoms with Gasteiger partial charge in [0.2, 0.25) is 0 Å². The molecule has 0 bridgehead atoms. The molecule has 0 heterocycles. The van der Waals surface area contributed by atoms with Crippen molar-refractivity contribution in [1.82, 2.24) is 4.90 Å². The topological polar surface area (TPSA) is 43.7 Å². The molecule has 0 radical (unpaired) electrons. The van der Waals surface area contributed by atoms with Crippen molar-refractivity contribution in [2.45, 2.75) is 44.8 Å². The maximum absolute atomic E-state index is 9.12. The highest BCUT2D eigenvalue weighted by Crippen LogP contribution is 2.16. The second-order valence-corrected chi connectivity index (χ2v) is 6.39. The van der Waals surface area contributed by atoms with Crippen molar-refractivity contribution in [1.29, 1.82) is 0 Å². The van der Waals surface area contributed by atoms with Crippen LogP contribution in [0.15, 0.2) is 67.3 Å². The molecule has 25 heavy (non-hydrogen) atoms. The number of aliphatic hydroxyl groups is 2. The third-order valence-electron chi connectivity index (χ3n) is 4.24. The van der Waals surface area contributed by atoms with Crippen molar-refractivity contribution in [3.05, 3.63) is 72.9 Å². The van der Waals surface area contributed by atoms with E-state index in [0.29, 0.717) is 6.54 Å². The van der Waals surface area contributed by atoms with Gasteiger partial charge in [-0.25, -0.2) is 0 Å². The molecule has 0 saturated heterocycles. The fraction of sp³-hybridized carbons (Fsp3) is 0.455. The number of allylic oxidation sites excluding steroid dienone is 2. The monoisotopic (exact) mass is 343 g/mol. The first kappa shape index (κ1) is 21.4. The number of hydrogen-bond acceptors (Lipinski definition) is 3. The summed E-state index contributed by atoms with van der Waals surface area (Å²) >= 11 is 0. The highest BCUT2D eigenvalue weighted by molar-refractivity contribution is 5.23. The Morgan fingerprint density at radius 1 is 1.12 bits per heavy atom. The zero-order valence-electron chi connectivity index (χ0n) is 15.3. The van der Waals surface area contributed by atoms with Gasteiger partial charge in [-0.3, -0.25) is 4.90 Å². The fourth-order valence-corrected chi connectivity index (χ4v) is 2.87. The van der Waals surface area contributed by atoms with Gasteiger partial charge in [0.25, 0.3) is 0 Å². The van der Waals surface area contributed by atoms with Crippen LogP contribution in [0.4, 0.5) is 0 Å². The number of benzene rings is 1. The molecule has 3 nitrogen and oxygen atoms in total. The van der Waals surface area contributed by atoms with Crippen LogP contribution in [0.25, 0.3) is 0 Å². The minimum atomic E-state index is 0.0359. The Labute approximate surface area is 153 Å². The smallest absolute Gasteiger partial charge is 0.0558 e. The zero-order valence-corrected chi connectivity index (χ0v) is 15.3. The van der Waals surface area contributed by atoms with E-state index in [2.05, 4.69) is 30.2 Å². The van der Waals surface area contributed by atoms with Gasteiger partial charge in [-0.2, -0.15) is 0 Å². The second-order valence-electron chi connectivity index (χ2n) is 6.39. The molecule has 0 amide bonds. The summed E-state index contributed by atoms with van der Waals surface area (Å²) in [5, 5.41) is 18.0. The molecule has 0 aliphatic heterocycles. The summed E-state index contributed by atoms with van der Waals surface area (Å²) in [4.78, 5) is 2.19. The maximum Gasteiger partial charge on any atom is 0.0558 e. The van der Waals surface area contributed by atoms with Gasteiger partial charge in [0.1, 0.15) is 0 Å². The summed E-state index contributed by atoms with van der Waals surface area (Å²) in [6, 6.07) is 10.2. The lowest BCUT2D eigenvalue weighted by atomic mass is 9.98. The first-order valence-corrected chi connectivity index (χ1v) is 9.18. The van der Waals surface area contributed by atoms with Gasteiger partial charge in [0, 0.05) is 19.6 Å². The van der Waals surface area contributed by atoms with Crippen LogP contribution in [0.3, 0.4) is 0 Å². The van der Waals surface area contributed by atoms with E-state index in [0.717, 1.165) is 31.5 Å². The number of aliphatic hydroxyl groups excluding tert-OH is 2. The normalized spacial score (nSPS) is 15.4. The largest absolute Gasteiger partial charge is 0.395 e. The summed E-state index contributed by atoms with van der Waals surface area (Å²) in [5.41, 5.74) is 2.35. The van der Waals surface area contributed by atoms with Crippen molar-refractivity contribution in [2.75, 3.05) is 19.7 Å². The molecule has 3 heteroatoms. The predicted octanol–water partition coefficient (Wildman–Crippen LogP) is 4.09. The Kier molecular flexibility index (Phi) is 11.6. The number of hydrogen-bond donors (Lipinski definition) is 2. The van der Waals surface area contributed by atoms with E-state index in [4.69, 9.17) is 10.2 Å². The van der Waals surface area contributed by atoms with Gasteiger partial charge < -0.3 is 10.2 Å². The van der Waals surface area contributed by atoms with Gasteiger partial charge in [-0.1, -0.05) is 81.0 Å². The highest BCUT2D eigenvalue weighted by Gasteiger charge is 2.08. The van der Waals surface area contributed by atoms with Crippen LogP contribution >= 0.6 is 0 Å². The SMILES string of the molecule is C=C/C=C(\C=C)CN(CCO)Cc1ccccc1.OC1CCCCC1. The fourth-order valence-electron chi connectivity index (χ4n) is 2.87. The molecule has 0 atom stereocenters. The summed E-state index contributed by atoms with van der Waals surface area (Å²) in [6.07, 6.45) is 11.5. The van der Waals surface area contributed by atoms with Gasteiger partial charge in [0.15, 0.2) is 0 Å². The van der Waals surface area contributed by atoms with E-state index in [1.54, 1.807) is 6.08 Å². The minimum Gasteiger partial charge on any atom is -0.395 e. The molecule has 2 rings (SSSR count). The van der Waals surface area contributed by atoms with Gasteiger partial charge in [-0.15, -0.1) is 0 Å². The summed E-state index contributed by atoms with van der Waals surface area (Å²) in [7, 11) is 0. The lowest BCUT2D eigenvalue weighted by Crippen LogP contribution is -2.28. The average molecular weight is 344 g/mol. The molecule has 0 unspecified atom stereocenters. The van der Waals surface area contributed by atoms with Crippen molar-refractivity contribution in [2.24, 2.45) is 0 Å². The second kappa shape index (κ2) is 13.6. The Morgan fingerprint density at radius 2 is 1.80 bits per heavy atom. The number of nitrogens with zero attached hydrogens (tertiary/aromatic N) is 1. The van der Waals surface area contributed by atoms with Crippen molar-refractivity contribution in [3.63, 3.8) is 0 Å². The third kappa shape index (κ3) is 10.0. The lowest BCUT2D eigenvalue weighted by Gasteiger charge is -2.21. The van der Waals surface area contributed by atoms with E-state index in [-0.39, 0.29) is 12.7 Å². The molecular formula is C22H33NO2. The molecule has 0 spiro atoms. The van der Waals surface area contributed by atoms with E-state index < -0.39 is 0 Å². The molecule has 1 aliphatic rings.